The molecule has 360 valence electrons. The maximum atomic E-state index is 7.10. The predicted octanol–water partition coefficient (Wildman–Crippen LogP) is 19.3. The number of anilines is 6. The standard InChI is InChI=1S/C74H48N2O/c1-5-23-50(24-6-1)53-29-21-33-57(45-53)75(58-34-22-30-54(46-58)51-25-7-2-8-26-51)59-48-63-62-36-14-20-42-71(62)77-73(63)64(49-59)72(52-27-9-3-10-28-52)55-43-44-61-60-35-13-15-37-65(60)74(68(61)47-55)66-38-16-18-40-69(66)76(56-31-11-4-12-32-56)70-41-19-17-39-67(70)74/h1-19,21-41,43-49,72H/t72-/m0/s1. The van der Waals surface area contributed by atoms with E-state index in [0.717, 1.165) is 72.5 Å². The molecule has 2 heterocycles. The molecule has 0 fully saturated rings. The Kier molecular flexibility index (Phi) is 10.4. The van der Waals surface area contributed by atoms with Crippen LogP contribution in [0.15, 0.2) is 290 Å². The molecule has 3 heteroatoms. The van der Waals surface area contributed by atoms with Crippen LogP contribution in [0.1, 0.15) is 44.9 Å². The van der Waals surface area contributed by atoms with Crippen LogP contribution in [0.2, 0.25) is 0 Å². The van der Waals surface area contributed by atoms with Crippen molar-refractivity contribution in [2.45, 2.75) is 11.3 Å². The first-order valence-corrected chi connectivity index (χ1v) is 26.4. The monoisotopic (exact) mass is 980 g/mol. The molecule has 0 saturated carbocycles. The Labute approximate surface area is 448 Å². The number of furan rings is 1. The van der Waals surface area contributed by atoms with E-state index in [0.29, 0.717) is 5.58 Å². The molecule has 0 saturated heterocycles. The second-order valence-corrected chi connectivity index (χ2v) is 20.2. The highest BCUT2D eigenvalue weighted by Gasteiger charge is 2.52. The van der Waals surface area contributed by atoms with E-state index in [9.17, 15) is 0 Å². The highest BCUT2D eigenvalue weighted by Crippen LogP contribution is 2.64. The molecule has 13 aromatic rings. The van der Waals surface area contributed by atoms with E-state index in [1.807, 2.05) is 6.07 Å². The summed E-state index contributed by atoms with van der Waals surface area (Å²) in [6.07, 6.45) is 0. The van der Waals surface area contributed by atoms with Gasteiger partial charge < -0.3 is 14.2 Å². The summed E-state index contributed by atoms with van der Waals surface area (Å²) in [7, 11) is 0. The van der Waals surface area contributed by atoms with Crippen LogP contribution in [0.4, 0.5) is 34.1 Å². The van der Waals surface area contributed by atoms with Crippen molar-refractivity contribution in [2.24, 2.45) is 0 Å². The lowest BCUT2D eigenvalue weighted by Gasteiger charge is -2.45. The quantitative estimate of drug-likeness (QED) is 0.134. The molecule has 0 unspecified atom stereocenters. The molecule has 12 aromatic carbocycles. The van der Waals surface area contributed by atoms with E-state index in [4.69, 9.17) is 4.42 Å². The van der Waals surface area contributed by atoms with Gasteiger partial charge in [-0.2, -0.15) is 0 Å². The molecule has 1 aromatic heterocycles. The van der Waals surface area contributed by atoms with Crippen molar-refractivity contribution < 1.29 is 4.42 Å². The maximum Gasteiger partial charge on any atom is 0.185 e. The summed E-state index contributed by atoms with van der Waals surface area (Å²) < 4.78 is 7.10. The Bertz CT molecular complexity index is 4220. The summed E-state index contributed by atoms with van der Waals surface area (Å²) in [5.74, 6) is -0.266. The normalized spacial score (nSPS) is 13.1. The number of fused-ring (bicyclic) bond motifs is 12. The molecule has 1 atom stereocenters. The van der Waals surface area contributed by atoms with E-state index >= 15 is 0 Å². The van der Waals surface area contributed by atoms with Crippen molar-refractivity contribution in [3.05, 3.63) is 336 Å². The lowest BCUT2D eigenvalue weighted by Crippen LogP contribution is -2.36. The Morgan fingerprint density at radius 1 is 0.390 bits per heavy atom. The second kappa shape index (κ2) is 18.1. The lowest BCUT2D eigenvalue weighted by molar-refractivity contribution is 0.661. The van der Waals surface area contributed by atoms with Gasteiger partial charge in [0.2, 0.25) is 0 Å². The Morgan fingerprint density at radius 3 is 1.58 bits per heavy atom. The van der Waals surface area contributed by atoms with Crippen molar-refractivity contribution in [3.8, 4) is 33.4 Å². The number of benzene rings is 11. The number of para-hydroxylation sites is 3. The zero-order valence-corrected chi connectivity index (χ0v) is 42.0. The number of rotatable bonds is 9. The smallest absolute Gasteiger partial charge is 0.185 e. The van der Waals surface area contributed by atoms with Crippen LogP contribution >= 0.6 is 0 Å². The van der Waals surface area contributed by atoms with Gasteiger partial charge in [-0.15, -0.1) is 0 Å². The Balaban J connectivity index is 1.00. The van der Waals surface area contributed by atoms with Gasteiger partial charge in [-0.05, 0) is 146 Å². The largest absolute Gasteiger partial charge is 0.447 e. The third-order valence-electron chi connectivity index (χ3n) is 16.0. The molecule has 0 bridgehead atoms. The minimum absolute atomic E-state index is 0.266. The van der Waals surface area contributed by atoms with E-state index in [1.165, 1.54) is 50.3 Å². The average molecular weight is 981 g/mol. The molecule has 77 heavy (non-hydrogen) atoms. The summed E-state index contributed by atoms with van der Waals surface area (Å²) >= 11 is 0. The van der Waals surface area contributed by atoms with Crippen LogP contribution in [-0.4, -0.2) is 0 Å². The summed E-state index contributed by atoms with van der Waals surface area (Å²) in [4.78, 5) is 4.87. The van der Waals surface area contributed by atoms with Crippen LogP contribution in [0.25, 0.3) is 55.3 Å². The summed E-state index contributed by atoms with van der Waals surface area (Å²) in [6, 6.07) is 111. The zero-order valence-electron chi connectivity index (χ0n) is 42.0. The molecule has 1 spiro atoms. The number of hydrogen-bond donors (Lipinski definition) is 0. The van der Waals surface area contributed by atoms with Gasteiger partial charge in [-0.3, -0.25) is 0 Å². The first-order valence-electron chi connectivity index (χ1n) is 26.4. The number of nitrogens with zero attached hydrogens (tertiary/aromatic N) is 2. The fourth-order valence-electron chi connectivity index (χ4n) is 12.8. The Hall–Kier alpha value is -10.1. The molecular formula is C74H48N2O. The summed E-state index contributed by atoms with van der Waals surface area (Å²) in [5.41, 5.74) is 23.0. The Morgan fingerprint density at radius 2 is 0.935 bits per heavy atom. The van der Waals surface area contributed by atoms with E-state index in [1.54, 1.807) is 0 Å². The summed E-state index contributed by atoms with van der Waals surface area (Å²) in [6.45, 7) is 0. The fourth-order valence-corrected chi connectivity index (χ4v) is 12.8. The number of hydrogen-bond acceptors (Lipinski definition) is 3. The van der Waals surface area contributed by atoms with Gasteiger partial charge in [0, 0.05) is 45.0 Å². The van der Waals surface area contributed by atoms with Crippen LogP contribution in [-0.2, 0) is 5.41 Å². The van der Waals surface area contributed by atoms with Crippen LogP contribution < -0.4 is 9.80 Å². The van der Waals surface area contributed by atoms with Gasteiger partial charge in [0.05, 0.1) is 16.8 Å². The SMILES string of the molecule is c1ccc2c(c#1)oc1c([C@@H](c3ccccc3)c3ccc4c(c3)C3(c5ccccc5-4)c4ccccc4N(c4ccccc4)c4ccccc43)cc(N(c3cccc(-c4ccccc4)c3)c3cccc(-c4ccccc4)c3)cc12. The lowest BCUT2D eigenvalue weighted by atomic mass is 9.64. The van der Waals surface area contributed by atoms with Gasteiger partial charge in [-0.25, -0.2) is 0 Å². The first-order chi connectivity index (χ1) is 38.2. The van der Waals surface area contributed by atoms with E-state index < -0.39 is 5.41 Å². The molecule has 0 amide bonds. The van der Waals surface area contributed by atoms with Crippen LogP contribution in [0.3, 0.4) is 0 Å². The zero-order chi connectivity index (χ0) is 50.9. The molecule has 0 radical (unpaired) electrons. The van der Waals surface area contributed by atoms with Gasteiger partial charge in [0.1, 0.15) is 5.58 Å². The van der Waals surface area contributed by atoms with Gasteiger partial charge in [0.25, 0.3) is 0 Å². The van der Waals surface area contributed by atoms with Crippen LogP contribution in [0.5, 0.6) is 0 Å². The third kappa shape index (κ3) is 7.07. The maximum absolute atomic E-state index is 7.10. The highest BCUT2D eigenvalue weighted by molar-refractivity contribution is 6.08. The van der Waals surface area contributed by atoms with Crippen LogP contribution in [0, 0.1) is 12.1 Å². The highest BCUT2D eigenvalue weighted by atomic mass is 16.3. The second-order valence-electron chi connectivity index (χ2n) is 20.2. The average Bonchev–Trinajstić information content (AvgIpc) is 4.25. The van der Waals surface area contributed by atoms with Crippen molar-refractivity contribution in [3.63, 3.8) is 0 Å². The molecule has 1 aliphatic heterocycles. The van der Waals surface area contributed by atoms with E-state index in [2.05, 4.69) is 301 Å². The fraction of sp³-hybridized carbons (Fsp3) is 0.0270. The topological polar surface area (TPSA) is 19.6 Å². The van der Waals surface area contributed by atoms with Crippen molar-refractivity contribution in [1.82, 2.24) is 0 Å². The van der Waals surface area contributed by atoms with Crippen molar-refractivity contribution in [2.75, 3.05) is 9.80 Å². The van der Waals surface area contributed by atoms with Crippen molar-refractivity contribution in [1.29, 1.82) is 0 Å². The molecular weight excluding hydrogens is 933 g/mol. The van der Waals surface area contributed by atoms with Gasteiger partial charge in [0.15, 0.2) is 5.58 Å². The minimum Gasteiger partial charge on any atom is -0.447 e. The predicted molar refractivity (Wildman–Crippen MR) is 316 cm³/mol. The molecule has 3 nitrogen and oxygen atoms in total. The molecule has 0 N–H and O–H groups in total. The molecule has 2 aliphatic rings. The molecule has 1 aliphatic carbocycles. The van der Waals surface area contributed by atoms with Gasteiger partial charge >= 0.3 is 0 Å². The third-order valence-corrected chi connectivity index (χ3v) is 16.0. The van der Waals surface area contributed by atoms with Crippen molar-refractivity contribution >= 4 is 56.1 Å². The first kappa shape index (κ1) is 44.4. The van der Waals surface area contributed by atoms with Gasteiger partial charge in [-0.1, -0.05) is 218 Å². The molecule has 15 rings (SSSR count). The minimum atomic E-state index is -0.632. The van der Waals surface area contributed by atoms with E-state index in [-0.39, 0.29) is 5.92 Å². The summed E-state index contributed by atoms with van der Waals surface area (Å²) in [5, 5.41) is 2.01.